The molecule has 24 heavy (non-hydrogen) atoms. The Morgan fingerprint density at radius 2 is 0.833 bits per heavy atom. The molecule has 0 heterocycles. The molecule has 0 radical (unpaired) electrons. The van der Waals surface area contributed by atoms with E-state index in [1.54, 1.807) is 38.5 Å². The van der Waals surface area contributed by atoms with Crippen LogP contribution in [0.25, 0.3) is 0 Å². The van der Waals surface area contributed by atoms with E-state index < -0.39 is 0 Å². The van der Waals surface area contributed by atoms with Crippen LogP contribution >= 0.6 is 0 Å². The monoisotopic (exact) mass is 318 g/mol. The van der Waals surface area contributed by atoms with E-state index in [0.29, 0.717) is 0 Å². The highest BCUT2D eigenvalue weighted by Crippen LogP contribution is 2.53. The zero-order valence-electron chi connectivity index (χ0n) is 14.2. The maximum Gasteiger partial charge on any atom is 0.193 e. The third-order valence-corrected chi connectivity index (χ3v) is 6.07. The third-order valence-electron chi connectivity index (χ3n) is 6.07. The standard InChI is InChI=1S/C13H10O.C10H16/c14-13(11-7-3-1-4-8-11)12-9-5-2-6-10-12;1-7-2-9-4-8(1)5-10(3-7)6-9/h1-10H;7-10H,1-6H2. The zero-order valence-corrected chi connectivity index (χ0v) is 14.2. The molecule has 1 heteroatoms. The van der Waals surface area contributed by atoms with E-state index in [2.05, 4.69) is 0 Å². The molecular weight excluding hydrogens is 292 g/mol. The summed E-state index contributed by atoms with van der Waals surface area (Å²) in [6, 6.07) is 18.6. The summed E-state index contributed by atoms with van der Waals surface area (Å²) in [6.07, 6.45) is 9.62. The second-order valence-electron chi connectivity index (χ2n) is 7.94. The van der Waals surface area contributed by atoms with Gasteiger partial charge in [-0.05, 0) is 62.2 Å². The fourth-order valence-corrected chi connectivity index (χ4v) is 5.33. The molecule has 1 nitrogen and oxygen atoms in total. The summed E-state index contributed by atoms with van der Waals surface area (Å²) in [4.78, 5) is 11.8. The van der Waals surface area contributed by atoms with Gasteiger partial charge in [-0.1, -0.05) is 60.7 Å². The summed E-state index contributed by atoms with van der Waals surface area (Å²) in [7, 11) is 0. The minimum atomic E-state index is 0.0752. The van der Waals surface area contributed by atoms with Crippen molar-refractivity contribution in [3.63, 3.8) is 0 Å². The van der Waals surface area contributed by atoms with Crippen LogP contribution in [0.1, 0.15) is 54.4 Å². The van der Waals surface area contributed by atoms with E-state index in [9.17, 15) is 4.79 Å². The fourth-order valence-electron chi connectivity index (χ4n) is 5.33. The average molecular weight is 318 g/mol. The van der Waals surface area contributed by atoms with Gasteiger partial charge in [-0.25, -0.2) is 0 Å². The average Bonchev–Trinajstić information content (AvgIpc) is 2.62. The van der Waals surface area contributed by atoms with Crippen molar-refractivity contribution in [1.29, 1.82) is 0 Å². The van der Waals surface area contributed by atoms with Crippen molar-refractivity contribution in [2.45, 2.75) is 38.5 Å². The van der Waals surface area contributed by atoms with Crippen LogP contribution in [0.2, 0.25) is 0 Å². The molecule has 4 aliphatic rings. The Morgan fingerprint density at radius 1 is 0.542 bits per heavy atom. The first-order valence-corrected chi connectivity index (χ1v) is 9.42. The Hall–Kier alpha value is -1.89. The van der Waals surface area contributed by atoms with Gasteiger partial charge in [0.25, 0.3) is 0 Å². The second kappa shape index (κ2) is 6.93. The van der Waals surface area contributed by atoms with Gasteiger partial charge in [0.2, 0.25) is 0 Å². The highest BCUT2D eigenvalue weighted by Gasteiger charge is 2.41. The fraction of sp³-hybridized carbons (Fsp3) is 0.435. The molecule has 124 valence electrons. The lowest BCUT2D eigenvalue weighted by Crippen LogP contribution is -2.38. The maximum absolute atomic E-state index is 11.8. The Morgan fingerprint density at radius 3 is 1.12 bits per heavy atom. The minimum Gasteiger partial charge on any atom is -0.289 e. The molecule has 0 unspecified atom stereocenters. The van der Waals surface area contributed by atoms with Gasteiger partial charge in [-0.3, -0.25) is 4.79 Å². The van der Waals surface area contributed by atoms with Crippen LogP contribution in [0.3, 0.4) is 0 Å². The summed E-state index contributed by atoms with van der Waals surface area (Å²) in [5, 5.41) is 0. The van der Waals surface area contributed by atoms with Crippen LogP contribution in [-0.4, -0.2) is 5.78 Å². The van der Waals surface area contributed by atoms with Crippen molar-refractivity contribution in [3.8, 4) is 0 Å². The number of rotatable bonds is 2. The van der Waals surface area contributed by atoms with Gasteiger partial charge >= 0.3 is 0 Å². The van der Waals surface area contributed by atoms with Gasteiger partial charge < -0.3 is 0 Å². The lowest BCUT2D eigenvalue weighted by Gasteiger charge is -2.49. The van der Waals surface area contributed by atoms with Crippen LogP contribution in [-0.2, 0) is 0 Å². The van der Waals surface area contributed by atoms with Crippen molar-refractivity contribution < 1.29 is 4.79 Å². The molecule has 0 amide bonds. The molecule has 2 aromatic carbocycles. The van der Waals surface area contributed by atoms with Crippen LogP contribution in [0, 0.1) is 23.7 Å². The second-order valence-corrected chi connectivity index (χ2v) is 7.94. The number of benzene rings is 2. The molecule has 2 aromatic rings. The summed E-state index contributed by atoms with van der Waals surface area (Å²) in [6.45, 7) is 0. The molecule has 6 rings (SSSR count). The van der Waals surface area contributed by atoms with Crippen LogP contribution in [0.4, 0.5) is 0 Å². The highest BCUT2D eigenvalue weighted by molar-refractivity contribution is 6.08. The Bertz CT molecular complexity index is 576. The molecule has 0 atom stereocenters. The van der Waals surface area contributed by atoms with E-state index in [0.717, 1.165) is 11.1 Å². The van der Waals surface area contributed by atoms with E-state index in [-0.39, 0.29) is 5.78 Å². The van der Waals surface area contributed by atoms with Crippen LogP contribution < -0.4 is 0 Å². The van der Waals surface area contributed by atoms with Crippen molar-refractivity contribution in [1.82, 2.24) is 0 Å². The van der Waals surface area contributed by atoms with E-state index in [1.807, 2.05) is 60.7 Å². The quantitative estimate of drug-likeness (QED) is 0.644. The molecule has 0 aromatic heterocycles. The molecule has 4 fully saturated rings. The number of carbonyl (C=O) groups is 1. The van der Waals surface area contributed by atoms with Gasteiger partial charge in [0, 0.05) is 11.1 Å². The molecular formula is C23H26O. The van der Waals surface area contributed by atoms with Crippen molar-refractivity contribution in [2.24, 2.45) is 23.7 Å². The van der Waals surface area contributed by atoms with Gasteiger partial charge in [0.05, 0.1) is 0 Å². The number of carbonyl (C=O) groups excluding carboxylic acids is 1. The van der Waals surface area contributed by atoms with Crippen molar-refractivity contribution >= 4 is 5.78 Å². The lowest BCUT2D eigenvalue weighted by molar-refractivity contribution is 0.0198. The summed E-state index contributed by atoms with van der Waals surface area (Å²) < 4.78 is 0. The summed E-state index contributed by atoms with van der Waals surface area (Å²) >= 11 is 0. The van der Waals surface area contributed by atoms with Gasteiger partial charge in [-0.2, -0.15) is 0 Å². The molecule has 4 aliphatic carbocycles. The van der Waals surface area contributed by atoms with E-state index >= 15 is 0 Å². The number of hydrogen-bond donors (Lipinski definition) is 0. The van der Waals surface area contributed by atoms with Crippen molar-refractivity contribution in [2.75, 3.05) is 0 Å². The van der Waals surface area contributed by atoms with Crippen molar-refractivity contribution in [3.05, 3.63) is 71.8 Å². The normalized spacial score (nSPS) is 29.7. The Kier molecular flexibility index (Phi) is 4.51. The Balaban J connectivity index is 0.000000127. The third kappa shape index (κ3) is 3.45. The minimum absolute atomic E-state index is 0.0752. The van der Waals surface area contributed by atoms with Gasteiger partial charge in [0.15, 0.2) is 5.78 Å². The van der Waals surface area contributed by atoms with Crippen LogP contribution in [0.15, 0.2) is 60.7 Å². The molecule has 0 saturated heterocycles. The predicted octanol–water partition coefficient (Wildman–Crippen LogP) is 5.75. The zero-order chi connectivity index (χ0) is 16.4. The highest BCUT2D eigenvalue weighted by atomic mass is 16.1. The Labute approximate surface area is 145 Å². The molecule has 4 bridgehead atoms. The van der Waals surface area contributed by atoms with E-state index in [4.69, 9.17) is 0 Å². The smallest absolute Gasteiger partial charge is 0.193 e. The molecule has 4 saturated carbocycles. The van der Waals surface area contributed by atoms with Gasteiger partial charge in [-0.15, -0.1) is 0 Å². The molecule has 0 spiro atoms. The topological polar surface area (TPSA) is 17.1 Å². The first kappa shape index (κ1) is 15.6. The number of ketones is 1. The maximum atomic E-state index is 11.8. The molecule has 0 N–H and O–H groups in total. The number of hydrogen-bond acceptors (Lipinski definition) is 1. The summed E-state index contributed by atoms with van der Waals surface area (Å²) in [5.41, 5.74) is 1.47. The SMILES string of the molecule is C1C2CC3CC1CC(C2)C3.O=C(c1ccccc1)c1ccccc1. The molecule has 0 aliphatic heterocycles. The first-order valence-electron chi connectivity index (χ1n) is 9.42. The van der Waals surface area contributed by atoms with Gasteiger partial charge in [0.1, 0.15) is 0 Å². The van der Waals surface area contributed by atoms with Crippen LogP contribution in [0.5, 0.6) is 0 Å². The largest absolute Gasteiger partial charge is 0.289 e. The predicted molar refractivity (Wildman–Crippen MR) is 98.0 cm³/mol. The lowest BCUT2D eigenvalue weighted by atomic mass is 9.56. The summed E-state index contributed by atoms with van der Waals surface area (Å²) in [5.74, 6) is 4.78. The first-order chi connectivity index (χ1) is 11.8. The van der Waals surface area contributed by atoms with E-state index in [1.165, 1.54) is 23.7 Å².